The Morgan fingerprint density at radius 1 is 1.43 bits per heavy atom. The number of anilines is 1. The van der Waals surface area contributed by atoms with E-state index < -0.39 is 0 Å². The summed E-state index contributed by atoms with van der Waals surface area (Å²) >= 11 is 1.16. The van der Waals surface area contributed by atoms with Gasteiger partial charge >= 0.3 is 4.87 Å². The van der Waals surface area contributed by atoms with Crippen molar-refractivity contribution >= 4 is 28.1 Å². The van der Waals surface area contributed by atoms with Crippen molar-refractivity contribution in [3.05, 3.63) is 51.1 Å². The van der Waals surface area contributed by atoms with Crippen LogP contribution in [0.3, 0.4) is 0 Å². The van der Waals surface area contributed by atoms with E-state index in [9.17, 15) is 4.79 Å². The van der Waals surface area contributed by atoms with Gasteiger partial charge in [0.15, 0.2) is 0 Å². The average molecular weight is 302 g/mol. The minimum atomic E-state index is -0.00667. The maximum absolute atomic E-state index is 11.7. The summed E-state index contributed by atoms with van der Waals surface area (Å²) in [5.74, 6) is 6.84. The maximum Gasteiger partial charge on any atom is 0.307 e. The normalized spacial score (nSPS) is 10.8. The van der Waals surface area contributed by atoms with Gasteiger partial charge in [-0.3, -0.25) is 4.79 Å². The zero-order valence-electron chi connectivity index (χ0n) is 11.4. The van der Waals surface area contributed by atoms with Crippen LogP contribution < -0.4 is 20.9 Å². The van der Waals surface area contributed by atoms with Crippen LogP contribution >= 0.6 is 11.3 Å². The highest BCUT2D eigenvalue weighted by Gasteiger charge is 2.09. The molecule has 1 aromatic carbocycles. The summed E-state index contributed by atoms with van der Waals surface area (Å²) in [6, 6.07) is 7.62. The van der Waals surface area contributed by atoms with Gasteiger partial charge in [0.25, 0.3) is 0 Å². The van der Waals surface area contributed by atoms with Crippen LogP contribution in [0.25, 0.3) is 10.9 Å². The Balaban J connectivity index is 2.09. The van der Waals surface area contributed by atoms with Crippen LogP contribution in [0.15, 0.2) is 40.6 Å². The number of benzene rings is 1. The van der Waals surface area contributed by atoms with Crippen molar-refractivity contribution in [2.75, 3.05) is 12.5 Å². The minimum absolute atomic E-state index is 0.00667. The number of ether oxygens (including phenoxy) is 1. The van der Waals surface area contributed by atoms with Crippen LogP contribution in [0.1, 0.15) is 5.56 Å². The molecule has 2 heterocycles. The molecule has 0 saturated heterocycles. The summed E-state index contributed by atoms with van der Waals surface area (Å²) in [5, 5.41) is 2.73. The molecule has 0 saturated carbocycles. The number of rotatable bonds is 4. The van der Waals surface area contributed by atoms with Crippen molar-refractivity contribution in [2.45, 2.75) is 6.54 Å². The molecule has 0 fully saturated rings. The quantitative estimate of drug-likeness (QED) is 0.567. The number of hydrogen-bond donors (Lipinski definition) is 2. The number of fused-ring (bicyclic) bond motifs is 1. The molecule has 21 heavy (non-hydrogen) atoms. The first-order valence-electron chi connectivity index (χ1n) is 6.29. The van der Waals surface area contributed by atoms with Gasteiger partial charge in [0.1, 0.15) is 11.6 Å². The van der Waals surface area contributed by atoms with E-state index in [1.807, 2.05) is 24.3 Å². The molecule has 6 nitrogen and oxygen atoms in total. The predicted octanol–water partition coefficient (Wildman–Crippen LogP) is 1.80. The molecule has 7 heteroatoms. The van der Waals surface area contributed by atoms with E-state index in [-0.39, 0.29) is 4.87 Å². The molecule has 3 aromatic rings. The predicted molar refractivity (Wildman–Crippen MR) is 83.8 cm³/mol. The average Bonchev–Trinajstić information content (AvgIpc) is 2.91. The van der Waals surface area contributed by atoms with E-state index in [0.29, 0.717) is 12.4 Å². The third kappa shape index (κ3) is 2.61. The fraction of sp³-hybridized carbons (Fsp3) is 0.143. The first-order chi connectivity index (χ1) is 10.2. The van der Waals surface area contributed by atoms with Crippen molar-refractivity contribution in [1.82, 2.24) is 9.55 Å². The molecule has 0 bridgehead atoms. The van der Waals surface area contributed by atoms with Crippen molar-refractivity contribution in [3.63, 3.8) is 0 Å². The number of aromatic nitrogens is 2. The van der Waals surface area contributed by atoms with Crippen molar-refractivity contribution < 1.29 is 4.74 Å². The fourth-order valence-electron chi connectivity index (χ4n) is 2.15. The van der Waals surface area contributed by atoms with Crippen LogP contribution in [-0.4, -0.2) is 16.7 Å². The highest BCUT2D eigenvalue weighted by molar-refractivity contribution is 7.07. The van der Waals surface area contributed by atoms with Gasteiger partial charge in [0, 0.05) is 28.6 Å². The van der Waals surface area contributed by atoms with E-state index in [1.54, 1.807) is 23.3 Å². The zero-order chi connectivity index (χ0) is 14.8. The van der Waals surface area contributed by atoms with Crippen LogP contribution in [0.5, 0.6) is 5.75 Å². The first-order valence-corrected chi connectivity index (χ1v) is 7.17. The standard InChI is InChI=1S/C14H14N4O2S/c1-20-11-3-2-9-6-10(8-18-4-5-21-14(18)19)13(17-15)16-12(9)7-11/h2-7H,8,15H2,1H3,(H,16,17). The lowest BCUT2D eigenvalue weighted by atomic mass is 10.1. The van der Waals surface area contributed by atoms with Crippen molar-refractivity contribution in [2.24, 2.45) is 5.84 Å². The second-order valence-corrected chi connectivity index (χ2v) is 5.35. The van der Waals surface area contributed by atoms with E-state index in [0.717, 1.165) is 33.6 Å². The third-order valence-corrected chi connectivity index (χ3v) is 3.92. The first kappa shape index (κ1) is 13.6. The third-order valence-electron chi connectivity index (χ3n) is 3.23. The van der Waals surface area contributed by atoms with Crippen LogP contribution in [0, 0.1) is 0 Å². The molecule has 0 unspecified atom stereocenters. The number of nitrogens with zero attached hydrogens (tertiary/aromatic N) is 2. The molecule has 2 aromatic heterocycles. The number of hydrazine groups is 1. The lowest BCUT2D eigenvalue weighted by Crippen LogP contribution is -2.17. The monoisotopic (exact) mass is 302 g/mol. The number of thiazole rings is 1. The molecule has 0 atom stereocenters. The Morgan fingerprint density at radius 3 is 2.95 bits per heavy atom. The summed E-state index contributed by atoms with van der Waals surface area (Å²) in [7, 11) is 1.61. The molecule has 3 N–H and O–H groups in total. The second-order valence-electron chi connectivity index (χ2n) is 4.50. The molecule has 108 valence electrons. The van der Waals surface area contributed by atoms with E-state index in [2.05, 4.69) is 10.4 Å². The Morgan fingerprint density at radius 2 is 2.29 bits per heavy atom. The summed E-state index contributed by atoms with van der Waals surface area (Å²) in [5.41, 5.74) is 4.23. The largest absolute Gasteiger partial charge is 0.497 e. The number of nitrogens with one attached hydrogen (secondary N) is 1. The molecular weight excluding hydrogens is 288 g/mol. The van der Waals surface area contributed by atoms with Crippen molar-refractivity contribution in [1.29, 1.82) is 0 Å². The van der Waals surface area contributed by atoms with E-state index in [1.165, 1.54) is 0 Å². The molecular formula is C14H14N4O2S. The highest BCUT2D eigenvalue weighted by Crippen LogP contribution is 2.24. The number of nitrogen functional groups attached to an aromatic ring is 1. The van der Waals surface area contributed by atoms with Gasteiger partial charge in [-0.15, -0.1) is 0 Å². The van der Waals surface area contributed by atoms with Gasteiger partial charge in [-0.05, 0) is 18.2 Å². The smallest absolute Gasteiger partial charge is 0.307 e. The molecule has 0 aliphatic carbocycles. The summed E-state index contributed by atoms with van der Waals surface area (Å²) in [6.45, 7) is 0.427. The zero-order valence-corrected chi connectivity index (χ0v) is 12.2. The van der Waals surface area contributed by atoms with Gasteiger partial charge in [-0.2, -0.15) is 0 Å². The SMILES string of the molecule is COc1ccc2cc(Cn3ccsc3=O)c(NN)nc2c1. The van der Waals surface area contributed by atoms with Crippen LogP contribution in [-0.2, 0) is 6.54 Å². The molecule has 0 radical (unpaired) electrons. The molecule has 0 aliphatic heterocycles. The van der Waals surface area contributed by atoms with Gasteiger partial charge in [-0.1, -0.05) is 11.3 Å². The number of pyridine rings is 1. The number of methoxy groups -OCH3 is 1. The lowest BCUT2D eigenvalue weighted by molar-refractivity contribution is 0.415. The van der Waals surface area contributed by atoms with Gasteiger partial charge < -0.3 is 14.7 Å². The molecule has 0 aliphatic rings. The Kier molecular flexibility index (Phi) is 3.59. The van der Waals surface area contributed by atoms with Gasteiger partial charge in [0.2, 0.25) is 0 Å². The van der Waals surface area contributed by atoms with E-state index >= 15 is 0 Å². The molecule has 3 rings (SSSR count). The minimum Gasteiger partial charge on any atom is -0.497 e. The van der Waals surface area contributed by atoms with Crippen LogP contribution in [0.4, 0.5) is 5.82 Å². The van der Waals surface area contributed by atoms with Gasteiger partial charge in [-0.25, -0.2) is 10.8 Å². The molecule has 0 amide bonds. The molecule has 0 spiro atoms. The van der Waals surface area contributed by atoms with Gasteiger partial charge in [0.05, 0.1) is 19.2 Å². The maximum atomic E-state index is 11.7. The lowest BCUT2D eigenvalue weighted by Gasteiger charge is -2.11. The summed E-state index contributed by atoms with van der Waals surface area (Å²) < 4.78 is 6.81. The highest BCUT2D eigenvalue weighted by atomic mass is 32.1. The fourth-order valence-corrected chi connectivity index (χ4v) is 2.74. The Bertz CT molecular complexity index is 840. The van der Waals surface area contributed by atoms with Crippen LogP contribution in [0.2, 0.25) is 0 Å². The Hall–Kier alpha value is -2.38. The summed E-state index contributed by atoms with van der Waals surface area (Å²) in [4.78, 5) is 16.1. The Labute approximate surface area is 124 Å². The topological polar surface area (TPSA) is 82.2 Å². The second kappa shape index (κ2) is 5.55. The number of nitrogens with two attached hydrogens (primary N) is 1. The van der Waals surface area contributed by atoms with E-state index in [4.69, 9.17) is 10.6 Å². The summed E-state index contributed by atoms with van der Waals surface area (Å²) in [6.07, 6.45) is 1.76. The number of hydrogen-bond acceptors (Lipinski definition) is 6. The van der Waals surface area contributed by atoms with Crippen molar-refractivity contribution in [3.8, 4) is 5.75 Å².